The van der Waals surface area contributed by atoms with Crippen molar-refractivity contribution in [1.29, 1.82) is 0 Å². The molecule has 1 atom stereocenters. The molecule has 2 heterocycles. The number of amides is 1. The molecule has 0 radical (unpaired) electrons. The van der Waals surface area contributed by atoms with Crippen molar-refractivity contribution < 1.29 is 23.5 Å². The Morgan fingerprint density at radius 2 is 1.80 bits per heavy atom. The van der Waals surface area contributed by atoms with Crippen LogP contribution in [0.5, 0.6) is 11.5 Å². The lowest BCUT2D eigenvalue weighted by molar-refractivity contribution is -0.123. The summed E-state index contributed by atoms with van der Waals surface area (Å²) in [6.45, 7) is 0.251. The summed E-state index contributed by atoms with van der Waals surface area (Å²) >= 11 is 0. The monoisotopic (exact) mass is 408 g/mol. The maximum absolute atomic E-state index is 13.2. The van der Waals surface area contributed by atoms with Crippen LogP contribution in [0.25, 0.3) is 0 Å². The van der Waals surface area contributed by atoms with Crippen LogP contribution in [-0.2, 0) is 11.3 Å². The van der Waals surface area contributed by atoms with Crippen LogP contribution in [-0.4, -0.2) is 23.1 Å². The molecular weight excluding hydrogens is 391 g/mol. The highest BCUT2D eigenvalue weighted by Crippen LogP contribution is 2.32. The van der Waals surface area contributed by atoms with Gasteiger partial charge >= 0.3 is 0 Å². The molecule has 152 valence electrons. The molecule has 0 unspecified atom stereocenters. The van der Waals surface area contributed by atoms with Crippen LogP contribution in [0.15, 0.2) is 71.7 Å². The van der Waals surface area contributed by atoms with Crippen molar-refractivity contribution >= 4 is 11.7 Å². The maximum Gasteiger partial charge on any atom is 0.251 e. The Morgan fingerprint density at radius 1 is 1.03 bits per heavy atom. The molecule has 0 saturated heterocycles. The summed E-state index contributed by atoms with van der Waals surface area (Å²) in [5, 5.41) is 2.69. The molecule has 8 heteroatoms. The number of aromatic nitrogens is 1. The van der Waals surface area contributed by atoms with E-state index < -0.39 is 29.1 Å². The normalized spacial score (nSPS) is 13.0. The molecule has 1 aliphatic rings. The van der Waals surface area contributed by atoms with Crippen LogP contribution >= 0.6 is 0 Å². The number of hydrogen-bond donors (Lipinski definition) is 1. The van der Waals surface area contributed by atoms with Gasteiger partial charge in [0.25, 0.3) is 11.5 Å². The summed E-state index contributed by atoms with van der Waals surface area (Å²) < 4.78 is 24.9. The molecule has 4 rings (SSSR count). The van der Waals surface area contributed by atoms with Crippen molar-refractivity contribution in [3.05, 3.63) is 94.2 Å². The minimum Gasteiger partial charge on any atom is -0.454 e. The Hall–Kier alpha value is -3.94. The fraction of sp³-hybridized carbons (Fsp3) is 0.136. The van der Waals surface area contributed by atoms with Gasteiger partial charge in [0, 0.05) is 24.4 Å². The van der Waals surface area contributed by atoms with Crippen molar-refractivity contribution in [3.63, 3.8) is 0 Å². The second-order valence-corrected chi connectivity index (χ2v) is 6.63. The first-order valence-corrected chi connectivity index (χ1v) is 9.16. The first kappa shape index (κ1) is 19.4. The average Bonchev–Trinajstić information content (AvgIpc) is 3.22. The predicted octanol–water partition coefficient (Wildman–Crippen LogP) is 2.46. The number of Topliss-reactive ketones (excluding diaryl/α,β-unsaturated/α-hetero) is 1. The Kier molecular flexibility index (Phi) is 5.30. The molecule has 7 nitrogen and oxygen atoms in total. The Morgan fingerprint density at radius 3 is 2.57 bits per heavy atom. The highest BCUT2D eigenvalue weighted by molar-refractivity contribution is 6.11. The second-order valence-electron chi connectivity index (χ2n) is 6.63. The van der Waals surface area contributed by atoms with Gasteiger partial charge in [0.15, 0.2) is 23.3 Å². The van der Waals surface area contributed by atoms with Crippen LogP contribution in [0.3, 0.4) is 0 Å². The lowest BCUT2D eigenvalue weighted by Crippen LogP contribution is -2.41. The molecule has 30 heavy (non-hydrogen) atoms. The van der Waals surface area contributed by atoms with E-state index in [1.807, 2.05) is 0 Å². The minimum absolute atomic E-state index is 0.115. The van der Waals surface area contributed by atoms with Crippen LogP contribution < -0.4 is 20.3 Å². The number of hydrogen-bond acceptors (Lipinski definition) is 5. The van der Waals surface area contributed by atoms with E-state index >= 15 is 0 Å². The largest absolute Gasteiger partial charge is 0.454 e. The van der Waals surface area contributed by atoms with Crippen LogP contribution in [0.1, 0.15) is 22.0 Å². The van der Waals surface area contributed by atoms with Crippen molar-refractivity contribution in [2.75, 3.05) is 6.79 Å². The van der Waals surface area contributed by atoms with E-state index in [2.05, 4.69) is 5.32 Å². The zero-order valence-electron chi connectivity index (χ0n) is 15.7. The standard InChI is InChI=1S/C22H17FN2O5/c23-16-7-5-15(6-8-16)21(27)20(25-10-2-1-3-19(25)26)22(28)24-12-14-4-9-17-18(11-14)30-13-29-17/h1-11,20H,12-13H2,(H,24,28)/t20-/m1/s1. The van der Waals surface area contributed by atoms with E-state index in [9.17, 15) is 18.8 Å². The number of carbonyl (C=O) groups excluding carboxylic acids is 2. The third kappa shape index (κ3) is 3.93. The number of nitrogens with zero attached hydrogens (tertiary/aromatic N) is 1. The molecule has 0 aliphatic carbocycles. The molecule has 0 saturated carbocycles. The van der Waals surface area contributed by atoms with Gasteiger partial charge in [0.1, 0.15) is 5.82 Å². The summed E-state index contributed by atoms with van der Waals surface area (Å²) in [7, 11) is 0. The first-order valence-electron chi connectivity index (χ1n) is 9.16. The highest BCUT2D eigenvalue weighted by atomic mass is 19.1. The van der Waals surface area contributed by atoms with Gasteiger partial charge in [0.05, 0.1) is 0 Å². The van der Waals surface area contributed by atoms with Gasteiger partial charge in [-0.15, -0.1) is 0 Å². The SMILES string of the molecule is O=C(NCc1ccc2c(c1)OCO2)[C@@H](C(=O)c1ccc(F)cc1)n1ccccc1=O. The number of benzene rings is 2. The molecule has 1 N–H and O–H groups in total. The molecule has 0 bridgehead atoms. The Balaban J connectivity index is 1.59. The molecule has 1 aromatic heterocycles. The van der Waals surface area contributed by atoms with E-state index in [4.69, 9.17) is 9.47 Å². The van der Waals surface area contributed by atoms with Crippen molar-refractivity contribution in [3.8, 4) is 11.5 Å². The number of nitrogens with one attached hydrogen (secondary N) is 1. The summed E-state index contributed by atoms with van der Waals surface area (Å²) in [6, 6.07) is 12.9. The number of carbonyl (C=O) groups is 2. The molecule has 0 fully saturated rings. The summed E-state index contributed by atoms with van der Waals surface area (Å²) in [5.74, 6) is -0.598. The maximum atomic E-state index is 13.2. The zero-order chi connectivity index (χ0) is 21.1. The molecule has 1 aliphatic heterocycles. The van der Waals surface area contributed by atoms with Gasteiger partial charge in [-0.1, -0.05) is 12.1 Å². The van der Waals surface area contributed by atoms with E-state index in [0.29, 0.717) is 11.5 Å². The third-order valence-electron chi connectivity index (χ3n) is 4.66. The van der Waals surface area contributed by atoms with Gasteiger partial charge in [-0.05, 0) is 48.0 Å². The second kappa shape index (κ2) is 8.20. The van der Waals surface area contributed by atoms with Gasteiger partial charge in [-0.25, -0.2) is 4.39 Å². The number of pyridine rings is 1. The smallest absolute Gasteiger partial charge is 0.251 e. The van der Waals surface area contributed by atoms with E-state index in [-0.39, 0.29) is 18.9 Å². The minimum atomic E-state index is -1.43. The Bertz CT molecular complexity index is 1160. The van der Waals surface area contributed by atoms with Crippen LogP contribution in [0.2, 0.25) is 0 Å². The quantitative estimate of drug-likeness (QED) is 0.500. The zero-order valence-corrected chi connectivity index (χ0v) is 15.7. The molecule has 0 spiro atoms. The lowest BCUT2D eigenvalue weighted by atomic mass is 10.0. The first-order chi connectivity index (χ1) is 14.5. The third-order valence-corrected chi connectivity index (χ3v) is 4.66. The number of ether oxygens (including phenoxy) is 2. The molecular formula is C22H17FN2O5. The highest BCUT2D eigenvalue weighted by Gasteiger charge is 2.30. The number of halogens is 1. The number of ketones is 1. The van der Waals surface area contributed by atoms with E-state index in [1.54, 1.807) is 24.3 Å². The van der Waals surface area contributed by atoms with Crippen LogP contribution in [0.4, 0.5) is 4.39 Å². The average molecular weight is 408 g/mol. The summed E-state index contributed by atoms with van der Waals surface area (Å²) in [5.41, 5.74) is 0.354. The lowest BCUT2D eigenvalue weighted by Gasteiger charge is -2.18. The van der Waals surface area contributed by atoms with E-state index in [0.717, 1.165) is 22.3 Å². The number of rotatable bonds is 6. The molecule has 3 aromatic rings. The van der Waals surface area contributed by atoms with Crippen molar-refractivity contribution in [2.24, 2.45) is 0 Å². The van der Waals surface area contributed by atoms with Gasteiger partial charge in [-0.2, -0.15) is 0 Å². The predicted molar refractivity (Wildman–Crippen MR) is 105 cm³/mol. The van der Waals surface area contributed by atoms with Gasteiger partial charge < -0.3 is 14.8 Å². The fourth-order valence-electron chi connectivity index (χ4n) is 3.13. The summed E-state index contributed by atoms with van der Waals surface area (Å²) in [4.78, 5) is 38.3. The van der Waals surface area contributed by atoms with Gasteiger partial charge in [-0.3, -0.25) is 19.0 Å². The summed E-state index contributed by atoms with van der Waals surface area (Å²) in [6.07, 6.45) is 1.37. The number of fused-ring (bicyclic) bond motifs is 1. The van der Waals surface area contributed by atoms with Crippen molar-refractivity contribution in [1.82, 2.24) is 9.88 Å². The van der Waals surface area contributed by atoms with Crippen molar-refractivity contribution in [2.45, 2.75) is 12.6 Å². The fourth-order valence-corrected chi connectivity index (χ4v) is 3.13. The van der Waals surface area contributed by atoms with Gasteiger partial charge in [0.2, 0.25) is 6.79 Å². The Labute approximate surface area is 170 Å². The molecule has 2 aromatic carbocycles. The molecule has 1 amide bonds. The van der Waals surface area contributed by atoms with E-state index in [1.165, 1.54) is 30.5 Å². The van der Waals surface area contributed by atoms with Crippen LogP contribution in [0, 0.1) is 5.82 Å². The topological polar surface area (TPSA) is 86.6 Å².